The Kier molecular flexibility index (Phi) is 3.10. The molecule has 0 bridgehead atoms. The largest absolute Gasteiger partial charge is 0.261 e. The first kappa shape index (κ1) is 9.53. The molecule has 1 nitrogen and oxygen atoms in total. The Hall–Kier alpha value is -0.560. The number of halogens is 1. The third kappa shape index (κ3) is 1.98. The summed E-state index contributed by atoms with van der Waals surface area (Å²) in [6.07, 6.45) is 1.82. The molecule has 0 aliphatic rings. The van der Waals surface area contributed by atoms with Crippen molar-refractivity contribution in [1.82, 2.24) is 4.98 Å². The third-order valence-electron chi connectivity index (χ3n) is 1.85. The number of rotatable bonds is 2. The second kappa shape index (κ2) is 3.90. The van der Waals surface area contributed by atoms with Crippen molar-refractivity contribution in [3.05, 3.63) is 29.6 Å². The average molecular weight is 184 g/mol. The van der Waals surface area contributed by atoms with Crippen LogP contribution in [0.15, 0.2) is 18.3 Å². The van der Waals surface area contributed by atoms with Crippen molar-refractivity contribution in [2.75, 3.05) is 0 Å². The van der Waals surface area contributed by atoms with E-state index in [1.165, 1.54) is 0 Å². The molecule has 0 amide bonds. The lowest BCUT2D eigenvalue weighted by molar-refractivity contribution is 0.795. The molecule has 1 unspecified atom stereocenters. The van der Waals surface area contributed by atoms with Crippen molar-refractivity contribution in [1.29, 1.82) is 0 Å². The molecule has 12 heavy (non-hydrogen) atoms. The van der Waals surface area contributed by atoms with Crippen molar-refractivity contribution in [2.24, 2.45) is 0 Å². The summed E-state index contributed by atoms with van der Waals surface area (Å²) < 4.78 is 0. The molecule has 0 radical (unpaired) electrons. The van der Waals surface area contributed by atoms with Crippen molar-refractivity contribution in [2.45, 2.75) is 32.1 Å². The van der Waals surface area contributed by atoms with Gasteiger partial charge >= 0.3 is 0 Å². The van der Waals surface area contributed by atoms with E-state index in [1.807, 2.05) is 25.3 Å². The van der Waals surface area contributed by atoms with Gasteiger partial charge in [0, 0.05) is 11.9 Å². The first-order chi connectivity index (χ1) is 5.63. The number of hydrogen-bond donors (Lipinski definition) is 0. The highest BCUT2D eigenvalue weighted by Crippen LogP contribution is 2.26. The zero-order valence-electron chi connectivity index (χ0n) is 7.71. The molecule has 0 fully saturated rings. The van der Waals surface area contributed by atoms with Gasteiger partial charge in [0.2, 0.25) is 0 Å². The Morgan fingerprint density at radius 2 is 2.00 bits per heavy atom. The van der Waals surface area contributed by atoms with Crippen LogP contribution >= 0.6 is 11.6 Å². The summed E-state index contributed by atoms with van der Waals surface area (Å²) in [7, 11) is 0. The molecule has 66 valence electrons. The van der Waals surface area contributed by atoms with Crippen LogP contribution in [0.25, 0.3) is 0 Å². The van der Waals surface area contributed by atoms with Gasteiger partial charge in [-0.3, -0.25) is 4.98 Å². The van der Waals surface area contributed by atoms with Crippen LogP contribution < -0.4 is 0 Å². The van der Waals surface area contributed by atoms with Gasteiger partial charge in [-0.05, 0) is 24.5 Å². The average Bonchev–Trinajstić information content (AvgIpc) is 2.04. The van der Waals surface area contributed by atoms with E-state index in [4.69, 9.17) is 11.6 Å². The fourth-order valence-corrected chi connectivity index (χ4v) is 1.43. The van der Waals surface area contributed by atoms with Crippen LogP contribution in [0.2, 0.25) is 0 Å². The molecular formula is C10H14ClN. The van der Waals surface area contributed by atoms with Crippen LogP contribution in [0.1, 0.15) is 43.3 Å². The van der Waals surface area contributed by atoms with Crippen molar-refractivity contribution in [3.63, 3.8) is 0 Å². The van der Waals surface area contributed by atoms with Gasteiger partial charge in [0.15, 0.2) is 0 Å². The maximum Gasteiger partial charge on any atom is 0.0575 e. The molecule has 1 aromatic rings. The summed E-state index contributed by atoms with van der Waals surface area (Å²) in [5.41, 5.74) is 2.26. The third-order valence-corrected chi connectivity index (χ3v) is 2.08. The topological polar surface area (TPSA) is 12.9 Å². The molecule has 0 aromatic carbocycles. The molecule has 2 heteroatoms. The van der Waals surface area contributed by atoms with E-state index in [0.717, 1.165) is 11.3 Å². The molecular weight excluding hydrogens is 170 g/mol. The van der Waals surface area contributed by atoms with Crippen LogP contribution in [0.3, 0.4) is 0 Å². The first-order valence-corrected chi connectivity index (χ1v) is 4.65. The standard InChI is InChI=1S/C10H14ClN/c1-7(2)10-9(8(3)11)5-4-6-12-10/h4-8H,1-3H3. The van der Waals surface area contributed by atoms with E-state index in [0.29, 0.717) is 5.92 Å². The summed E-state index contributed by atoms with van der Waals surface area (Å²) in [6, 6.07) is 3.97. The normalized spacial score (nSPS) is 13.4. The number of aromatic nitrogens is 1. The van der Waals surface area contributed by atoms with E-state index in [2.05, 4.69) is 18.8 Å². The number of alkyl halides is 1. The fraction of sp³-hybridized carbons (Fsp3) is 0.500. The van der Waals surface area contributed by atoms with Gasteiger partial charge in [-0.2, -0.15) is 0 Å². The van der Waals surface area contributed by atoms with E-state index >= 15 is 0 Å². The highest BCUT2D eigenvalue weighted by molar-refractivity contribution is 6.20. The van der Waals surface area contributed by atoms with Crippen molar-refractivity contribution in [3.8, 4) is 0 Å². The van der Waals surface area contributed by atoms with Crippen molar-refractivity contribution < 1.29 is 0 Å². The maximum absolute atomic E-state index is 6.01. The highest BCUT2D eigenvalue weighted by atomic mass is 35.5. The van der Waals surface area contributed by atoms with Crippen molar-refractivity contribution >= 4 is 11.6 Å². The number of hydrogen-bond acceptors (Lipinski definition) is 1. The fourth-order valence-electron chi connectivity index (χ4n) is 1.25. The first-order valence-electron chi connectivity index (χ1n) is 4.21. The Bertz CT molecular complexity index is 229. The molecule has 0 spiro atoms. The summed E-state index contributed by atoms with van der Waals surface area (Å²) >= 11 is 6.01. The van der Waals surface area contributed by atoms with E-state index in [1.54, 1.807) is 0 Å². The molecule has 1 rings (SSSR count). The minimum atomic E-state index is 0.0519. The maximum atomic E-state index is 6.01. The molecule has 0 aliphatic heterocycles. The molecule has 0 N–H and O–H groups in total. The minimum Gasteiger partial charge on any atom is -0.261 e. The van der Waals surface area contributed by atoms with Crippen LogP contribution in [0.4, 0.5) is 0 Å². The van der Waals surface area contributed by atoms with Crippen LogP contribution in [0.5, 0.6) is 0 Å². The van der Waals surface area contributed by atoms with Crippen LogP contribution in [-0.2, 0) is 0 Å². The Morgan fingerprint density at radius 3 is 2.42 bits per heavy atom. The lowest BCUT2D eigenvalue weighted by atomic mass is 10.0. The van der Waals surface area contributed by atoms with E-state index < -0.39 is 0 Å². The predicted molar refractivity (Wildman–Crippen MR) is 52.6 cm³/mol. The second-order valence-electron chi connectivity index (χ2n) is 3.25. The summed E-state index contributed by atoms with van der Waals surface area (Å²) in [6.45, 7) is 6.24. The zero-order valence-corrected chi connectivity index (χ0v) is 8.47. The van der Waals surface area contributed by atoms with Gasteiger partial charge in [0.25, 0.3) is 0 Å². The molecule has 0 saturated carbocycles. The molecule has 0 aliphatic carbocycles. The number of pyridine rings is 1. The van der Waals surface area contributed by atoms with Crippen LogP contribution in [0, 0.1) is 0 Å². The second-order valence-corrected chi connectivity index (χ2v) is 3.90. The monoisotopic (exact) mass is 183 g/mol. The molecule has 1 heterocycles. The predicted octanol–water partition coefficient (Wildman–Crippen LogP) is 3.50. The van der Waals surface area contributed by atoms with Gasteiger partial charge in [-0.1, -0.05) is 19.9 Å². The smallest absolute Gasteiger partial charge is 0.0575 e. The summed E-state index contributed by atoms with van der Waals surface area (Å²) in [4.78, 5) is 4.32. The lowest BCUT2D eigenvalue weighted by Gasteiger charge is -2.12. The van der Waals surface area contributed by atoms with E-state index in [-0.39, 0.29) is 5.38 Å². The minimum absolute atomic E-state index is 0.0519. The van der Waals surface area contributed by atoms with Gasteiger partial charge in [-0.25, -0.2) is 0 Å². The lowest BCUT2D eigenvalue weighted by Crippen LogP contribution is -1.99. The quantitative estimate of drug-likeness (QED) is 0.640. The molecule has 0 saturated heterocycles. The van der Waals surface area contributed by atoms with Gasteiger partial charge in [0.05, 0.1) is 5.38 Å². The van der Waals surface area contributed by atoms with E-state index in [9.17, 15) is 0 Å². The molecule has 1 atom stereocenters. The Labute approximate surface area is 78.8 Å². The summed E-state index contributed by atoms with van der Waals surface area (Å²) in [5, 5.41) is 0.0519. The summed E-state index contributed by atoms with van der Waals surface area (Å²) in [5.74, 6) is 0.447. The number of nitrogens with zero attached hydrogens (tertiary/aromatic N) is 1. The van der Waals surface area contributed by atoms with Gasteiger partial charge in [0.1, 0.15) is 0 Å². The zero-order chi connectivity index (χ0) is 9.14. The Balaban J connectivity index is 3.09. The Morgan fingerprint density at radius 1 is 1.33 bits per heavy atom. The van der Waals surface area contributed by atoms with Crippen LogP contribution in [-0.4, -0.2) is 4.98 Å². The SMILES string of the molecule is CC(C)c1ncccc1C(C)Cl. The van der Waals surface area contributed by atoms with Gasteiger partial charge < -0.3 is 0 Å². The van der Waals surface area contributed by atoms with Gasteiger partial charge in [-0.15, -0.1) is 11.6 Å². The highest BCUT2D eigenvalue weighted by Gasteiger charge is 2.10. The molecule has 1 aromatic heterocycles.